The van der Waals surface area contributed by atoms with Gasteiger partial charge in [-0.2, -0.15) is 0 Å². The SMILES string of the molecule is CCCNC(N)=NCC1CCCOC1c1ccc(C)cc1. The molecule has 0 bridgehead atoms. The van der Waals surface area contributed by atoms with Crippen molar-refractivity contribution in [2.24, 2.45) is 16.6 Å². The zero-order chi connectivity index (χ0) is 15.1. The minimum atomic E-state index is 0.141. The maximum absolute atomic E-state index is 6.00. The monoisotopic (exact) mass is 289 g/mol. The van der Waals surface area contributed by atoms with Gasteiger partial charge in [-0.15, -0.1) is 0 Å². The smallest absolute Gasteiger partial charge is 0.188 e. The number of nitrogens with zero attached hydrogens (tertiary/aromatic N) is 1. The Morgan fingerprint density at radius 3 is 2.86 bits per heavy atom. The molecular weight excluding hydrogens is 262 g/mol. The van der Waals surface area contributed by atoms with Gasteiger partial charge in [-0.3, -0.25) is 4.99 Å². The summed E-state index contributed by atoms with van der Waals surface area (Å²) in [7, 11) is 0. The molecule has 2 unspecified atom stereocenters. The maximum Gasteiger partial charge on any atom is 0.188 e. The fourth-order valence-corrected chi connectivity index (χ4v) is 2.68. The molecule has 0 aromatic heterocycles. The number of ether oxygens (including phenoxy) is 1. The quantitative estimate of drug-likeness (QED) is 0.647. The molecule has 1 saturated heterocycles. The van der Waals surface area contributed by atoms with Crippen LogP contribution in [0.4, 0.5) is 0 Å². The van der Waals surface area contributed by atoms with Gasteiger partial charge in [-0.1, -0.05) is 36.8 Å². The Kier molecular flexibility index (Phi) is 6.05. The normalized spacial score (nSPS) is 23.0. The van der Waals surface area contributed by atoms with Crippen molar-refractivity contribution in [3.63, 3.8) is 0 Å². The summed E-state index contributed by atoms with van der Waals surface area (Å²) < 4.78 is 6.00. The second-order valence-corrected chi connectivity index (χ2v) is 5.76. The van der Waals surface area contributed by atoms with E-state index in [9.17, 15) is 0 Å². The number of nitrogens with one attached hydrogen (secondary N) is 1. The number of guanidine groups is 1. The molecule has 2 atom stereocenters. The maximum atomic E-state index is 6.00. The van der Waals surface area contributed by atoms with Crippen LogP contribution in [0.15, 0.2) is 29.3 Å². The molecule has 1 fully saturated rings. The van der Waals surface area contributed by atoms with Crippen LogP contribution < -0.4 is 11.1 Å². The topological polar surface area (TPSA) is 59.6 Å². The fraction of sp³-hybridized carbons (Fsp3) is 0.588. The number of rotatable bonds is 5. The van der Waals surface area contributed by atoms with Crippen LogP contribution in [0.3, 0.4) is 0 Å². The van der Waals surface area contributed by atoms with Gasteiger partial charge >= 0.3 is 0 Å². The predicted molar refractivity (Wildman–Crippen MR) is 87.4 cm³/mol. The van der Waals surface area contributed by atoms with Crippen molar-refractivity contribution in [3.05, 3.63) is 35.4 Å². The lowest BCUT2D eigenvalue weighted by molar-refractivity contribution is -0.0250. The number of aryl methyl sites for hydroxylation is 1. The third kappa shape index (κ3) is 4.74. The van der Waals surface area contributed by atoms with Crippen LogP contribution in [0, 0.1) is 12.8 Å². The van der Waals surface area contributed by atoms with E-state index in [1.807, 2.05) is 0 Å². The first-order chi connectivity index (χ1) is 10.2. The van der Waals surface area contributed by atoms with Gasteiger partial charge in [-0.25, -0.2) is 0 Å². The summed E-state index contributed by atoms with van der Waals surface area (Å²) >= 11 is 0. The Morgan fingerprint density at radius 2 is 2.14 bits per heavy atom. The first-order valence-corrected chi connectivity index (χ1v) is 7.92. The Balaban J connectivity index is 2.00. The second kappa shape index (κ2) is 8.03. The number of hydrogen-bond acceptors (Lipinski definition) is 2. The van der Waals surface area contributed by atoms with Crippen LogP contribution in [0.1, 0.15) is 43.4 Å². The highest BCUT2D eigenvalue weighted by Crippen LogP contribution is 2.33. The van der Waals surface area contributed by atoms with E-state index in [0.717, 1.165) is 39.0 Å². The van der Waals surface area contributed by atoms with Gasteiger partial charge in [0, 0.05) is 25.6 Å². The van der Waals surface area contributed by atoms with Gasteiger partial charge in [0.1, 0.15) is 0 Å². The molecule has 0 radical (unpaired) electrons. The molecule has 2 rings (SSSR count). The van der Waals surface area contributed by atoms with Gasteiger partial charge < -0.3 is 15.8 Å². The van der Waals surface area contributed by atoms with Crippen LogP contribution in [0.2, 0.25) is 0 Å². The molecule has 1 aromatic carbocycles. The average Bonchev–Trinajstić information content (AvgIpc) is 2.52. The van der Waals surface area contributed by atoms with Crippen LogP contribution in [-0.4, -0.2) is 25.7 Å². The van der Waals surface area contributed by atoms with Gasteiger partial charge in [0.2, 0.25) is 0 Å². The zero-order valence-electron chi connectivity index (χ0n) is 13.1. The van der Waals surface area contributed by atoms with Crippen molar-refractivity contribution < 1.29 is 4.74 Å². The minimum absolute atomic E-state index is 0.141. The molecule has 4 heteroatoms. The van der Waals surface area contributed by atoms with Crippen molar-refractivity contribution >= 4 is 5.96 Å². The van der Waals surface area contributed by atoms with Crippen molar-refractivity contribution in [1.29, 1.82) is 0 Å². The third-order valence-corrected chi connectivity index (χ3v) is 3.90. The molecule has 3 N–H and O–H groups in total. The largest absolute Gasteiger partial charge is 0.373 e. The van der Waals surface area contributed by atoms with Gasteiger partial charge in [0.15, 0.2) is 5.96 Å². The van der Waals surface area contributed by atoms with E-state index in [-0.39, 0.29) is 6.10 Å². The van der Waals surface area contributed by atoms with Crippen LogP contribution >= 0.6 is 0 Å². The summed E-state index contributed by atoms with van der Waals surface area (Å²) in [6.45, 7) is 6.65. The Hall–Kier alpha value is -1.55. The van der Waals surface area contributed by atoms with E-state index in [0.29, 0.717) is 11.9 Å². The van der Waals surface area contributed by atoms with Crippen molar-refractivity contribution in [2.45, 2.75) is 39.2 Å². The summed E-state index contributed by atoms with van der Waals surface area (Å²) in [6, 6.07) is 8.62. The lowest BCUT2D eigenvalue weighted by Gasteiger charge is -2.31. The second-order valence-electron chi connectivity index (χ2n) is 5.76. The van der Waals surface area contributed by atoms with Crippen molar-refractivity contribution in [1.82, 2.24) is 5.32 Å². The van der Waals surface area contributed by atoms with Crippen LogP contribution in [-0.2, 0) is 4.74 Å². The van der Waals surface area contributed by atoms with E-state index in [4.69, 9.17) is 10.5 Å². The van der Waals surface area contributed by atoms with Gasteiger partial charge in [0.25, 0.3) is 0 Å². The number of benzene rings is 1. The molecule has 21 heavy (non-hydrogen) atoms. The number of aliphatic imine (C=N–C) groups is 1. The molecule has 1 aliphatic heterocycles. The lowest BCUT2D eigenvalue weighted by Crippen LogP contribution is -2.33. The highest BCUT2D eigenvalue weighted by Gasteiger charge is 2.27. The first-order valence-electron chi connectivity index (χ1n) is 7.92. The summed E-state index contributed by atoms with van der Waals surface area (Å²) in [5.74, 6) is 0.952. The highest BCUT2D eigenvalue weighted by atomic mass is 16.5. The third-order valence-electron chi connectivity index (χ3n) is 3.90. The highest BCUT2D eigenvalue weighted by molar-refractivity contribution is 5.77. The average molecular weight is 289 g/mol. The first kappa shape index (κ1) is 15.8. The molecular formula is C17H27N3O. The van der Waals surface area contributed by atoms with Crippen LogP contribution in [0.5, 0.6) is 0 Å². The lowest BCUT2D eigenvalue weighted by atomic mass is 9.89. The summed E-state index contributed by atoms with van der Waals surface area (Å²) in [5, 5.41) is 3.12. The van der Waals surface area contributed by atoms with E-state index in [1.165, 1.54) is 11.1 Å². The number of hydrogen-bond donors (Lipinski definition) is 2. The minimum Gasteiger partial charge on any atom is -0.373 e. The Morgan fingerprint density at radius 1 is 1.38 bits per heavy atom. The molecule has 1 aliphatic rings. The molecule has 0 saturated carbocycles. The zero-order valence-corrected chi connectivity index (χ0v) is 13.1. The fourth-order valence-electron chi connectivity index (χ4n) is 2.68. The Bertz CT molecular complexity index is 456. The molecule has 116 valence electrons. The van der Waals surface area contributed by atoms with E-state index >= 15 is 0 Å². The number of nitrogens with two attached hydrogens (primary N) is 1. The van der Waals surface area contributed by atoms with E-state index in [2.05, 4.69) is 48.4 Å². The summed E-state index contributed by atoms with van der Waals surface area (Å²) in [6.07, 6.45) is 3.44. The molecule has 4 nitrogen and oxygen atoms in total. The predicted octanol–water partition coefficient (Wildman–Crippen LogP) is 2.78. The van der Waals surface area contributed by atoms with Gasteiger partial charge in [0.05, 0.1) is 6.10 Å². The van der Waals surface area contributed by atoms with Crippen molar-refractivity contribution in [3.8, 4) is 0 Å². The standard InChI is InChI=1S/C17H27N3O/c1-3-10-19-17(18)20-12-15-5-4-11-21-16(15)14-8-6-13(2)7-9-14/h6-9,15-16H,3-5,10-12H2,1-2H3,(H3,18,19,20). The van der Waals surface area contributed by atoms with Crippen molar-refractivity contribution in [2.75, 3.05) is 19.7 Å². The summed E-state index contributed by atoms with van der Waals surface area (Å²) in [5.41, 5.74) is 8.40. The van der Waals surface area contributed by atoms with E-state index < -0.39 is 0 Å². The van der Waals surface area contributed by atoms with Crippen LogP contribution in [0.25, 0.3) is 0 Å². The van der Waals surface area contributed by atoms with Gasteiger partial charge in [-0.05, 0) is 31.7 Å². The molecule has 1 heterocycles. The molecule has 0 amide bonds. The Labute approximate surface area is 127 Å². The molecule has 0 spiro atoms. The summed E-state index contributed by atoms with van der Waals surface area (Å²) in [4.78, 5) is 4.48. The van der Waals surface area contributed by atoms with E-state index in [1.54, 1.807) is 0 Å². The molecule has 0 aliphatic carbocycles. The molecule has 1 aromatic rings.